The quantitative estimate of drug-likeness (QED) is 0.840. The van der Waals surface area contributed by atoms with Crippen LogP contribution in [0.2, 0.25) is 0 Å². The van der Waals surface area contributed by atoms with E-state index in [1.165, 1.54) is 22.5 Å². The summed E-state index contributed by atoms with van der Waals surface area (Å²) in [6, 6.07) is 8.42. The normalized spacial score (nSPS) is 10.6. The number of hydrogen-bond acceptors (Lipinski definition) is 4. The van der Waals surface area contributed by atoms with Gasteiger partial charge >= 0.3 is 0 Å². The second-order valence-corrected chi connectivity index (χ2v) is 6.20. The van der Waals surface area contributed by atoms with Crippen molar-refractivity contribution in [2.45, 2.75) is 40.2 Å². The van der Waals surface area contributed by atoms with E-state index in [9.17, 15) is 0 Å². The van der Waals surface area contributed by atoms with Gasteiger partial charge in [0.25, 0.3) is 0 Å². The summed E-state index contributed by atoms with van der Waals surface area (Å²) < 4.78 is 5.92. The Morgan fingerprint density at radius 3 is 2.70 bits per heavy atom. The number of nitriles is 1. The molecule has 0 fully saturated rings. The molecule has 1 aromatic carbocycles. The number of aromatic nitrogens is 1. The molecule has 0 aliphatic carbocycles. The Kier molecular flexibility index (Phi) is 4.41. The fraction of sp³-hybridized carbons (Fsp3) is 0.375. The molecule has 104 valence electrons. The van der Waals surface area contributed by atoms with E-state index in [0.717, 1.165) is 16.5 Å². The number of nitrogens with zero attached hydrogens (tertiary/aromatic N) is 2. The minimum Gasteiger partial charge on any atom is -0.486 e. The molecule has 1 aromatic heterocycles. The maximum Gasteiger partial charge on any atom is 0.140 e. The molecular formula is C16H18N2OS. The lowest BCUT2D eigenvalue weighted by Crippen LogP contribution is -2.00. The molecule has 0 atom stereocenters. The molecule has 0 radical (unpaired) electrons. The van der Waals surface area contributed by atoms with Crippen LogP contribution in [0.5, 0.6) is 5.75 Å². The summed E-state index contributed by atoms with van der Waals surface area (Å²) in [7, 11) is 0. The van der Waals surface area contributed by atoms with E-state index < -0.39 is 0 Å². The predicted octanol–water partition coefficient (Wildman–Crippen LogP) is 4.33. The molecule has 2 rings (SSSR count). The summed E-state index contributed by atoms with van der Waals surface area (Å²) in [4.78, 5) is 5.03. The molecule has 0 aliphatic rings. The highest BCUT2D eigenvalue weighted by molar-refractivity contribution is 7.12. The summed E-state index contributed by atoms with van der Waals surface area (Å²) in [6.45, 7) is 8.62. The molecule has 0 N–H and O–H groups in total. The molecule has 0 unspecified atom stereocenters. The summed E-state index contributed by atoms with van der Waals surface area (Å²) in [5.41, 5.74) is 3.16. The van der Waals surface area contributed by atoms with Crippen molar-refractivity contribution in [2.75, 3.05) is 0 Å². The standard InChI is InChI=1S/C16H18N2OS/c1-10(2)13-6-5-11(3)7-14(13)19-9-16-18-12(4)15(8-17)20-16/h5-7,10H,9H2,1-4H3. The molecular weight excluding hydrogens is 268 g/mol. The first-order valence-corrected chi connectivity index (χ1v) is 7.42. The smallest absolute Gasteiger partial charge is 0.140 e. The van der Waals surface area contributed by atoms with Gasteiger partial charge in [-0.2, -0.15) is 5.26 Å². The van der Waals surface area contributed by atoms with Gasteiger partial charge in [-0.1, -0.05) is 26.0 Å². The lowest BCUT2D eigenvalue weighted by atomic mass is 10.0. The van der Waals surface area contributed by atoms with Crippen LogP contribution in [-0.2, 0) is 6.61 Å². The molecule has 0 amide bonds. The van der Waals surface area contributed by atoms with Crippen molar-refractivity contribution in [3.8, 4) is 11.8 Å². The van der Waals surface area contributed by atoms with Crippen LogP contribution in [0.1, 0.15) is 46.5 Å². The van der Waals surface area contributed by atoms with Crippen molar-refractivity contribution in [2.24, 2.45) is 0 Å². The van der Waals surface area contributed by atoms with E-state index in [2.05, 4.69) is 50.0 Å². The van der Waals surface area contributed by atoms with Crippen molar-refractivity contribution in [1.82, 2.24) is 4.98 Å². The Morgan fingerprint density at radius 1 is 1.35 bits per heavy atom. The van der Waals surface area contributed by atoms with Crippen LogP contribution in [0.15, 0.2) is 18.2 Å². The van der Waals surface area contributed by atoms with E-state index >= 15 is 0 Å². The van der Waals surface area contributed by atoms with Crippen LogP contribution >= 0.6 is 11.3 Å². The number of hydrogen-bond donors (Lipinski definition) is 0. The minimum absolute atomic E-state index is 0.413. The number of ether oxygens (including phenoxy) is 1. The average Bonchev–Trinajstić information content (AvgIpc) is 2.76. The third-order valence-electron chi connectivity index (χ3n) is 3.08. The minimum atomic E-state index is 0.413. The van der Waals surface area contributed by atoms with Crippen molar-refractivity contribution >= 4 is 11.3 Å². The Hall–Kier alpha value is -1.86. The SMILES string of the molecule is Cc1ccc(C(C)C)c(OCc2nc(C)c(C#N)s2)c1. The monoisotopic (exact) mass is 286 g/mol. The fourth-order valence-corrected chi connectivity index (χ4v) is 2.78. The van der Waals surface area contributed by atoms with E-state index in [1.54, 1.807) is 0 Å². The van der Waals surface area contributed by atoms with Crippen molar-refractivity contribution in [1.29, 1.82) is 5.26 Å². The average molecular weight is 286 g/mol. The third kappa shape index (κ3) is 3.17. The maximum atomic E-state index is 8.95. The molecule has 0 saturated heterocycles. The summed E-state index contributed by atoms with van der Waals surface area (Å²) >= 11 is 1.40. The number of thiazole rings is 1. The van der Waals surface area contributed by atoms with Gasteiger partial charge in [0.15, 0.2) is 0 Å². The molecule has 20 heavy (non-hydrogen) atoms. The topological polar surface area (TPSA) is 45.9 Å². The Morgan fingerprint density at radius 2 is 2.10 bits per heavy atom. The Labute approximate surface area is 123 Å². The van der Waals surface area contributed by atoms with Gasteiger partial charge in [0, 0.05) is 0 Å². The highest BCUT2D eigenvalue weighted by atomic mass is 32.1. The lowest BCUT2D eigenvalue weighted by Gasteiger charge is -2.14. The van der Waals surface area contributed by atoms with Crippen LogP contribution in [-0.4, -0.2) is 4.98 Å². The van der Waals surface area contributed by atoms with Gasteiger partial charge in [-0.25, -0.2) is 4.98 Å². The maximum absolute atomic E-state index is 8.95. The number of rotatable bonds is 4. The summed E-state index contributed by atoms with van der Waals surface area (Å²) in [5.74, 6) is 1.32. The first-order chi connectivity index (χ1) is 9.51. The van der Waals surface area contributed by atoms with Crippen LogP contribution < -0.4 is 4.74 Å². The zero-order valence-corrected chi connectivity index (χ0v) is 13.0. The molecule has 0 saturated carbocycles. The Balaban J connectivity index is 2.18. The van der Waals surface area contributed by atoms with Crippen LogP contribution in [0.25, 0.3) is 0 Å². The molecule has 4 heteroatoms. The van der Waals surface area contributed by atoms with Gasteiger partial charge in [-0.15, -0.1) is 11.3 Å². The first-order valence-electron chi connectivity index (χ1n) is 6.61. The number of aryl methyl sites for hydroxylation is 2. The molecule has 2 aromatic rings. The van der Waals surface area contributed by atoms with Gasteiger partial charge in [0.1, 0.15) is 28.3 Å². The van der Waals surface area contributed by atoms with E-state index in [1.807, 2.05) is 6.92 Å². The lowest BCUT2D eigenvalue weighted by molar-refractivity contribution is 0.301. The highest BCUT2D eigenvalue weighted by Crippen LogP contribution is 2.28. The third-order valence-corrected chi connectivity index (χ3v) is 4.12. The predicted molar refractivity (Wildman–Crippen MR) is 81.2 cm³/mol. The van der Waals surface area contributed by atoms with Gasteiger partial charge in [-0.3, -0.25) is 0 Å². The first kappa shape index (κ1) is 14.5. The van der Waals surface area contributed by atoms with E-state index in [-0.39, 0.29) is 0 Å². The van der Waals surface area contributed by atoms with Crippen molar-refractivity contribution in [3.05, 3.63) is 44.9 Å². The van der Waals surface area contributed by atoms with Crippen molar-refractivity contribution in [3.63, 3.8) is 0 Å². The second-order valence-electron chi connectivity index (χ2n) is 5.12. The molecule has 0 aliphatic heterocycles. The number of benzene rings is 1. The van der Waals surface area contributed by atoms with Crippen LogP contribution in [0.3, 0.4) is 0 Å². The van der Waals surface area contributed by atoms with Crippen LogP contribution in [0.4, 0.5) is 0 Å². The second kappa shape index (κ2) is 6.06. The largest absolute Gasteiger partial charge is 0.486 e. The van der Waals surface area contributed by atoms with Gasteiger partial charge in [0.05, 0.1) is 5.69 Å². The fourth-order valence-electron chi connectivity index (χ4n) is 2.00. The zero-order chi connectivity index (χ0) is 14.7. The molecule has 0 spiro atoms. The van der Waals surface area contributed by atoms with Gasteiger partial charge < -0.3 is 4.74 Å². The van der Waals surface area contributed by atoms with Gasteiger partial charge in [-0.05, 0) is 37.0 Å². The highest BCUT2D eigenvalue weighted by Gasteiger charge is 2.11. The summed E-state index contributed by atoms with van der Waals surface area (Å²) in [5, 5.41) is 9.79. The molecule has 0 bridgehead atoms. The van der Waals surface area contributed by atoms with E-state index in [4.69, 9.17) is 10.00 Å². The van der Waals surface area contributed by atoms with Crippen LogP contribution in [0, 0.1) is 25.2 Å². The molecule has 3 nitrogen and oxygen atoms in total. The molecule has 1 heterocycles. The summed E-state index contributed by atoms with van der Waals surface area (Å²) in [6.07, 6.45) is 0. The Bertz CT molecular complexity index is 653. The van der Waals surface area contributed by atoms with Gasteiger partial charge in [0.2, 0.25) is 0 Å². The van der Waals surface area contributed by atoms with E-state index in [0.29, 0.717) is 17.4 Å². The van der Waals surface area contributed by atoms with Crippen molar-refractivity contribution < 1.29 is 4.74 Å². The zero-order valence-electron chi connectivity index (χ0n) is 12.2.